The SMILES string of the molecule is CCN(Cc1cccc(N)c1)c1ccnc(C)n1. The van der Waals surface area contributed by atoms with Gasteiger partial charge in [0.1, 0.15) is 11.6 Å². The molecule has 0 saturated carbocycles. The van der Waals surface area contributed by atoms with Crippen LogP contribution < -0.4 is 10.6 Å². The summed E-state index contributed by atoms with van der Waals surface area (Å²) >= 11 is 0. The summed E-state index contributed by atoms with van der Waals surface area (Å²) in [6.45, 7) is 5.71. The number of aryl methyl sites for hydroxylation is 1. The van der Waals surface area contributed by atoms with Crippen molar-refractivity contribution in [1.29, 1.82) is 0 Å². The number of hydrogen-bond acceptors (Lipinski definition) is 4. The molecule has 2 N–H and O–H groups in total. The van der Waals surface area contributed by atoms with Crippen LogP contribution in [0.2, 0.25) is 0 Å². The Balaban J connectivity index is 2.19. The molecule has 0 aliphatic heterocycles. The Kier molecular flexibility index (Phi) is 3.77. The first-order valence-electron chi connectivity index (χ1n) is 6.08. The molecule has 94 valence electrons. The van der Waals surface area contributed by atoms with Crippen molar-refractivity contribution in [2.75, 3.05) is 17.2 Å². The maximum absolute atomic E-state index is 5.79. The largest absolute Gasteiger partial charge is 0.399 e. The standard InChI is InChI=1S/C14H18N4/c1-3-18(14-7-8-16-11(2)17-14)10-12-5-4-6-13(15)9-12/h4-9H,3,10,15H2,1-2H3. The smallest absolute Gasteiger partial charge is 0.132 e. The summed E-state index contributed by atoms with van der Waals surface area (Å²) in [4.78, 5) is 10.8. The van der Waals surface area contributed by atoms with Gasteiger partial charge in [-0.25, -0.2) is 9.97 Å². The van der Waals surface area contributed by atoms with Crippen molar-refractivity contribution >= 4 is 11.5 Å². The highest BCUT2D eigenvalue weighted by Gasteiger charge is 2.07. The van der Waals surface area contributed by atoms with Gasteiger partial charge in [-0.2, -0.15) is 0 Å². The van der Waals surface area contributed by atoms with E-state index in [4.69, 9.17) is 5.73 Å². The zero-order chi connectivity index (χ0) is 13.0. The Morgan fingerprint density at radius 3 is 2.78 bits per heavy atom. The van der Waals surface area contributed by atoms with Crippen molar-refractivity contribution < 1.29 is 0 Å². The number of nitrogens with zero attached hydrogens (tertiary/aromatic N) is 3. The third kappa shape index (κ3) is 2.97. The van der Waals surface area contributed by atoms with Gasteiger partial charge in [0.2, 0.25) is 0 Å². The van der Waals surface area contributed by atoms with Gasteiger partial charge in [0.15, 0.2) is 0 Å². The Hall–Kier alpha value is -2.10. The first-order valence-corrected chi connectivity index (χ1v) is 6.08. The number of nitrogens with two attached hydrogens (primary N) is 1. The zero-order valence-electron chi connectivity index (χ0n) is 10.8. The maximum atomic E-state index is 5.79. The Bertz CT molecular complexity index is 525. The average Bonchev–Trinajstić information content (AvgIpc) is 2.36. The number of hydrogen-bond donors (Lipinski definition) is 1. The highest BCUT2D eigenvalue weighted by Crippen LogP contribution is 2.15. The van der Waals surface area contributed by atoms with Crippen molar-refractivity contribution in [3.8, 4) is 0 Å². The van der Waals surface area contributed by atoms with Gasteiger partial charge in [0, 0.05) is 25.0 Å². The van der Waals surface area contributed by atoms with E-state index in [2.05, 4.69) is 27.9 Å². The molecule has 0 amide bonds. The fourth-order valence-corrected chi connectivity index (χ4v) is 1.89. The van der Waals surface area contributed by atoms with Crippen LogP contribution in [0.15, 0.2) is 36.5 Å². The topological polar surface area (TPSA) is 55.0 Å². The third-order valence-electron chi connectivity index (χ3n) is 2.79. The monoisotopic (exact) mass is 242 g/mol. The van der Waals surface area contributed by atoms with Crippen molar-refractivity contribution in [3.05, 3.63) is 47.9 Å². The molecule has 0 fully saturated rings. The number of anilines is 2. The van der Waals surface area contributed by atoms with E-state index in [1.165, 1.54) is 5.56 Å². The van der Waals surface area contributed by atoms with E-state index in [1.54, 1.807) is 6.20 Å². The van der Waals surface area contributed by atoms with E-state index in [9.17, 15) is 0 Å². The molecule has 2 rings (SSSR count). The molecular weight excluding hydrogens is 224 g/mol. The third-order valence-corrected chi connectivity index (χ3v) is 2.79. The van der Waals surface area contributed by atoms with Gasteiger partial charge >= 0.3 is 0 Å². The van der Waals surface area contributed by atoms with Gasteiger partial charge in [0.25, 0.3) is 0 Å². The summed E-state index contributed by atoms with van der Waals surface area (Å²) < 4.78 is 0. The molecule has 0 radical (unpaired) electrons. The highest BCUT2D eigenvalue weighted by molar-refractivity contribution is 5.44. The molecule has 0 aliphatic carbocycles. The van der Waals surface area contributed by atoms with Gasteiger partial charge in [-0.1, -0.05) is 12.1 Å². The molecule has 1 heterocycles. The summed E-state index contributed by atoms with van der Waals surface area (Å²) in [6, 6.07) is 9.88. The molecule has 2 aromatic rings. The molecule has 4 heteroatoms. The molecule has 1 aromatic carbocycles. The molecule has 0 unspecified atom stereocenters. The van der Waals surface area contributed by atoms with Crippen LogP contribution in [-0.4, -0.2) is 16.5 Å². The second-order valence-electron chi connectivity index (χ2n) is 4.22. The molecule has 0 atom stereocenters. The minimum Gasteiger partial charge on any atom is -0.399 e. The average molecular weight is 242 g/mol. The van der Waals surface area contributed by atoms with Crippen LogP contribution in [0.3, 0.4) is 0 Å². The van der Waals surface area contributed by atoms with E-state index in [0.29, 0.717) is 0 Å². The summed E-state index contributed by atoms with van der Waals surface area (Å²) in [5.41, 5.74) is 7.78. The first kappa shape index (κ1) is 12.4. The molecule has 1 aromatic heterocycles. The van der Waals surface area contributed by atoms with Crippen LogP contribution in [0.4, 0.5) is 11.5 Å². The lowest BCUT2D eigenvalue weighted by Crippen LogP contribution is -2.23. The van der Waals surface area contributed by atoms with E-state index >= 15 is 0 Å². The number of aromatic nitrogens is 2. The summed E-state index contributed by atoms with van der Waals surface area (Å²) in [6.07, 6.45) is 1.79. The fraction of sp³-hybridized carbons (Fsp3) is 0.286. The minimum absolute atomic E-state index is 0.790. The molecule has 0 aliphatic rings. The molecule has 0 spiro atoms. The Labute approximate surface area is 107 Å². The molecule has 4 nitrogen and oxygen atoms in total. The van der Waals surface area contributed by atoms with Gasteiger partial charge in [-0.05, 0) is 37.6 Å². The zero-order valence-corrected chi connectivity index (χ0v) is 10.8. The molecular formula is C14H18N4. The lowest BCUT2D eigenvalue weighted by Gasteiger charge is -2.22. The van der Waals surface area contributed by atoms with Crippen molar-refractivity contribution in [3.63, 3.8) is 0 Å². The van der Waals surface area contributed by atoms with Crippen LogP contribution in [0, 0.1) is 6.92 Å². The number of rotatable bonds is 4. The quantitative estimate of drug-likeness (QED) is 0.836. The highest BCUT2D eigenvalue weighted by atomic mass is 15.2. The molecule has 0 bridgehead atoms. The second-order valence-corrected chi connectivity index (χ2v) is 4.22. The fourth-order valence-electron chi connectivity index (χ4n) is 1.89. The summed E-state index contributed by atoms with van der Waals surface area (Å²) in [5.74, 6) is 1.74. The summed E-state index contributed by atoms with van der Waals surface area (Å²) in [7, 11) is 0. The molecule has 18 heavy (non-hydrogen) atoms. The summed E-state index contributed by atoms with van der Waals surface area (Å²) in [5, 5.41) is 0. The lowest BCUT2D eigenvalue weighted by molar-refractivity contribution is 0.804. The van der Waals surface area contributed by atoms with E-state index in [1.807, 2.05) is 31.2 Å². The van der Waals surface area contributed by atoms with Gasteiger partial charge < -0.3 is 10.6 Å². The van der Waals surface area contributed by atoms with Gasteiger partial charge in [0.05, 0.1) is 0 Å². The Morgan fingerprint density at radius 2 is 2.11 bits per heavy atom. The van der Waals surface area contributed by atoms with Crippen LogP contribution in [-0.2, 0) is 6.54 Å². The minimum atomic E-state index is 0.790. The first-order chi connectivity index (χ1) is 8.69. The van der Waals surface area contributed by atoms with Crippen molar-refractivity contribution in [2.24, 2.45) is 0 Å². The van der Waals surface area contributed by atoms with Gasteiger partial charge in [-0.3, -0.25) is 0 Å². The second kappa shape index (κ2) is 5.49. The van der Waals surface area contributed by atoms with Crippen LogP contribution in [0.25, 0.3) is 0 Å². The predicted octanol–water partition coefficient (Wildman–Crippen LogP) is 2.39. The Morgan fingerprint density at radius 1 is 1.28 bits per heavy atom. The maximum Gasteiger partial charge on any atom is 0.132 e. The van der Waals surface area contributed by atoms with Crippen molar-refractivity contribution in [2.45, 2.75) is 20.4 Å². The van der Waals surface area contributed by atoms with Crippen molar-refractivity contribution in [1.82, 2.24) is 9.97 Å². The lowest BCUT2D eigenvalue weighted by atomic mass is 10.2. The van der Waals surface area contributed by atoms with Crippen LogP contribution >= 0.6 is 0 Å². The van der Waals surface area contributed by atoms with E-state index in [0.717, 1.165) is 30.4 Å². The van der Waals surface area contributed by atoms with E-state index < -0.39 is 0 Å². The number of nitrogen functional groups attached to an aromatic ring is 1. The van der Waals surface area contributed by atoms with Gasteiger partial charge in [-0.15, -0.1) is 0 Å². The molecule has 0 saturated heterocycles. The predicted molar refractivity (Wildman–Crippen MR) is 74.3 cm³/mol. The normalized spacial score (nSPS) is 10.3. The van der Waals surface area contributed by atoms with Crippen LogP contribution in [0.1, 0.15) is 18.3 Å². The van der Waals surface area contributed by atoms with Crippen LogP contribution in [0.5, 0.6) is 0 Å². The van der Waals surface area contributed by atoms with E-state index in [-0.39, 0.29) is 0 Å². The number of benzene rings is 1.